The molecule has 0 saturated carbocycles. The van der Waals surface area contributed by atoms with E-state index in [2.05, 4.69) is 38.0 Å². The van der Waals surface area contributed by atoms with Crippen LogP contribution in [0, 0.1) is 0 Å². The van der Waals surface area contributed by atoms with E-state index >= 15 is 0 Å². The quantitative estimate of drug-likeness (QED) is 0.496. The summed E-state index contributed by atoms with van der Waals surface area (Å²) in [5.74, 6) is 2.25. The van der Waals surface area contributed by atoms with E-state index in [0.717, 1.165) is 42.9 Å². The Labute approximate surface area is 177 Å². The van der Waals surface area contributed by atoms with Gasteiger partial charge >= 0.3 is 0 Å². The molecule has 2 rings (SSSR count). The molecule has 4 nitrogen and oxygen atoms in total. The van der Waals surface area contributed by atoms with Crippen molar-refractivity contribution in [3.63, 3.8) is 0 Å². The van der Waals surface area contributed by atoms with Gasteiger partial charge in [0.05, 0.1) is 22.3 Å². The standard InChI is InChI=1S/C20H33Cl2N2O2S/c1-5-19(27(6-2)7-3)26-18(20-16(21)11-24-12-17(20)22)13-23-10-15-9-8-14(4)25-15/h11-12,14-15,18-19,23H,5-10,13H2,1-4H3/q+1/t14?,15?,18?,19-/m0/s1. The molecule has 1 aromatic rings. The Kier molecular flexibility index (Phi) is 10.2. The van der Waals surface area contributed by atoms with E-state index < -0.39 is 0 Å². The minimum Gasteiger partial charge on any atom is -0.374 e. The fraction of sp³-hybridized carbons (Fsp3) is 0.750. The summed E-state index contributed by atoms with van der Waals surface area (Å²) in [6, 6.07) is 0. The molecule has 3 unspecified atom stereocenters. The molecule has 2 heterocycles. The molecule has 0 amide bonds. The Morgan fingerprint density at radius 3 is 2.41 bits per heavy atom. The molecular weight excluding hydrogens is 403 g/mol. The van der Waals surface area contributed by atoms with Crippen LogP contribution in [0.25, 0.3) is 0 Å². The van der Waals surface area contributed by atoms with Crippen molar-refractivity contribution in [1.82, 2.24) is 10.3 Å². The molecule has 1 saturated heterocycles. The maximum absolute atomic E-state index is 6.59. The van der Waals surface area contributed by atoms with E-state index in [4.69, 9.17) is 32.7 Å². The van der Waals surface area contributed by atoms with E-state index in [1.165, 1.54) is 0 Å². The fourth-order valence-corrected chi connectivity index (χ4v) is 6.05. The van der Waals surface area contributed by atoms with Gasteiger partial charge in [0.2, 0.25) is 5.44 Å². The number of ether oxygens (including phenoxy) is 2. The highest BCUT2D eigenvalue weighted by Gasteiger charge is 2.32. The summed E-state index contributed by atoms with van der Waals surface area (Å²) in [4.78, 5) is 4.09. The maximum atomic E-state index is 6.59. The summed E-state index contributed by atoms with van der Waals surface area (Å²) < 4.78 is 12.5. The van der Waals surface area contributed by atoms with Crippen molar-refractivity contribution >= 4 is 34.1 Å². The highest BCUT2D eigenvalue weighted by atomic mass is 35.5. The van der Waals surface area contributed by atoms with Gasteiger partial charge in [-0.25, -0.2) is 0 Å². The lowest BCUT2D eigenvalue weighted by molar-refractivity contribution is 0.0237. The Morgan fingerprint density at radius 1 is 1.22 bits per heavy atom. The van der Waals surface area contributed by atoms with Gasteiger partial charge < -0.3 is 14.8 Å². The molecular formula is C20H33Cl2N2O2S+. The molecule has 0 aliphatic carbocycles. The molecule has 1 aliphatic rings. The molecule has 0 spiro atoms. The predicted molar refractivity (Wildman–Crippen MR) is 117 cm³/mol. The maximum Gasteiger partial charge on any atom is 0.218 e. The summed E-state index contributed by atoms with van der Waals surface area (Å²) >= 11 is 12.9. The zero-order chi connectivity index (χ0) is 19.8. The minimum absolute atomic E-state index is 0.204. The molecule has 1 N–H and O–H groups in total. The van der Waals surface area contributed by atoms with E-state index in [-0.39, 0.29) is 28.5 Å². The van der Waals surface area contributed by atoms with E-state index in [9.17, 15) is 0 Å². The minimum atomic E-state index is -0.204. The molecule has 0 aromatic carbocycles. The number of halogens is 2. The Balaban J connectivity index is 2.10. The van der Waals surface area contributed by atoms with Gasteiger partial charge in [-0.05, 0) is 33.6 Å². The number of nitrogens with one attached hydrogen (secondary N) is 1. The first-order valence-electron chi connectivity index (χ1n) is 9.96. The van der Waals surface area contributed by atoms with Crippen LogP contribution in [0.5, 0.6) is 0 Å². The number of hydrogen-bond acceptors (Lipinski definition) is 4. The van der Waals surface area contributed by atoms with Gasteiger partial charge in [-0.3, -0.25) is 4.98 Å². The topological polar surface area (TPSA) is 43.4 Å². The van der Waals surface area contributed by atoms with Crippen LogP contribution >= 0.6 is 23.2 Å². The Hall–Kier alpha value is -0.0400. The van der Waals surface area contributed by atoms with Crippen LogP contribution in [0.15, 0.2) is 12.4 Å². The molecule has 1 aliphatic heterocycles. The number of rotatable bonds is 11. The number of hydrogen-bond donors (Lipinski definition) is 1. The highest BCUT2D eigenvalue weighted by Crippen LogP contribution is 2.33. The Bertz CT molecular complexity index is 555. The normalized spacial score (nSPS) is 22.3. The van der Waals surface area contributed by atoms with E-state index in [1.807, 2.05) is 0 Å². The van der Waals surface area contributed by atoms with Crippen molar-refractivity contribution in [2.75, 3.05) is 24.6 Å². The lowest BCUT2D eigenvalue weighted by atomic mass is 10.1. The third-order valence-corrected chi connectivity index (χ3v) is 8.27. The number of pyridine rings is 1. The number of aromatic nitrogens is 1. The van der Waals surface area contributed by atoms with Gasteiger partial charge in [0.25, 0.3) is 0 Å². The van der Waals surface area contributed by atoms with Crippen molar-refractivity contribution < 1.29 is 9.47 Å². The predicted octanol–water partition coefficient (Wildman–Crippen LogP) is 5.00. The van der Waals surface area contributed by atoms with Crippen LogP contribution in [-0.2, 0) is 20.4 Å². The van der Waals surface area contributed by atoms with Crippen LogP contribution in [0.1, 0.15) is 58.6 Å². The van der Waals surface area contributed by atoms with Gasteiger partial charge in [-0.1, -0.05) is 30.1 Å². The summed E-state index contributed by atoms with van der Waals surface area (Å²) in [6.45, 7) is 10.2. The molecule has 1 aromatic heterocycles. The first-order valence-corrected chi connectivity index (χ1v) is 12.3. The van der Waals surface area contributed by atoms with E-state index in [0.29, 0.717) is 22.7 Å². The Morgan fingerprint density at radius 2 is 1.89 bits per heavy atom. The van der Waals surface area contributed by atoms with Crippen LogP contribution in [0.2, 0.25) is 10.0 Å². The van der Waals surface area contributed by atoms with Gasteiger partial charge in [-0.15, -0.1) is 0 Å². The third-order valence-electron chi connectivity index (χ3n) is 5.00. The SMILES string of the molecule is CC[C@@H](OC(CNCC1CCC(C)O1)c1c(Cl)cncc1Cl)[S+](CC)CC. The lowest BCUT2D eigenvalue weighted by Crippen LogP contribution is -2.35. The van der Waals surface area contributed by atoms with Crippen molar-refractivity contribution in [1.29, 1.82) is 0 Å². The van der Waals surface area contributed by atoms with Crippen molar-refractivity contribution in [2.45, 2.75) is 70.7 Å². The average Bonchev–Trinajstić information content (AvgIpc) is 3.06. The zero-order valence-electron chi connectivity index (χ0n) is 16.8. The van der Waals surface area contributed by atoms with Crippen LogP contribution < -0.4 is 5.32 Å². The molecule has 27 heavy (non-hydrogen) atoms. The van der Waals surface area contributed by atoms with Crippen LogP contribution in [-0.4, -0.2) is 47.2 Å². The van der Waals surface area contributed by atoms with Crippen molar-refractivity contribution in [3.05, 3.63) is 28.0 Å². The highest BCUT2D eigenvalue weighted by molar-refractivity contribution is 7.97. The molecule has 4 atom stereocenters. The van der Waals surface area contributed by atoms with Crippen LogP contribution in [0.4, 0.5) is 0 Å². The van der Waals surface area contributed by atoms with Crippen molar-refractivity contribution in [2.24, 2.45) is 0 Å². The summed E-state index contributed by atoms with van der Waals surface area (Å²) in [5.41, 5.74) is 1.03. The second-order valence-electron chi connectivity index (χ2n) is 6.90. The molecule has 7 heteroatoms. The second-order valence-corrected chi connectivity index (χ2v) is 10.5. The van der Waals surface area contributed by atoms with Gasteiger partial charge in [0.1, 0.15) is 17.6 Å². The first-order chi connectivity index (χ1) is 13.0. The smallest absolute Gasteiger partial charge is 0.218 e. The van der Waals surface area contributed by atoms with Gasteiger partial charge in [0, 0.05) is 48.4 Å². The van der Waals surface area contributed by atoms with Crippen molar-refractivity contribution in [3.8, 4) is 0 Å². The summed E-state index contributed by atoms with van der Waals surface area (Å²) in [6.07, 6.45) is 6.91. The molecule has 0 bridgehead atoms. The third kappa shape index (κ3) is 6.76. The lowest BCUT2D eigenvalue weighted by Gasteiger charge is -2.26. The number of nitrogens with zero attached hydrogens (tertiary/aromatic N) is 1. The van der Waals surface area contributed by atoms with E-state index in [1.54, 1.807) is 12.4 Å². The fourth-order valence-electron chi connectivity index (χ4n) is 3.53. The second kappa shape index (κ2) is 11.8. The zero-order valence-corrected chi connectivity index (χ0v) is 19.2. The summed E-state index contributed by atoms with van der Waals surface area (Å²) in [7, 11) is 0.227. The average molecular weight is 436 g/mol. The monoisotopic (exact) mass is 435 g/mol. The summed E-state index contributed by atoms with van der Waals surface area (Å²) in [5, 5.41) is 4.64. The van der Waals surface area contributed by atoms with Gasteiger partial charge in [0.15, 0.2) is 0 Å². The van der Waals surface area contributed by atoms with Gasteiger partial charge in [-0.2, -0.15) is 0 Å². The molecule has 0 radical (unpaired) electrons. The first kappa shape index (κ1) is 23.2. The molecule has 1 fully saturated rings. The largest absolute Gasteiger partial charge is 0.374 e. The molecule has 154 valence electrons. The van der Waals surface area contributed by atoms with Crippen LogP contribution in [0.3, 0.4) is 0 Å².